The SMILES string of the molecule is CC(C)c1ccccc1[C@H]1COCCN1C1CC2(CCN(c3ccc(C(=O)NS(=O)(=O)c4cnc(NCC5CCC(C)(C)CC5)c([N+](=O)[O-])c4)c(Oc4cnc5[nH]ccc5c4)n3)CC2)C1. The third kappa shape index (κ3) is 9.54. The molecule has 4 aliphatic rings. The summed E-state index contributed by atoms with van der Waals surface area (Å²) in [7, 11) is -4.63. The molecular formula is C48H59N9O7S. The summed E-state index contributed by atoms with van der Waals surface area (Å²) >= 11 is 0. The van der Waals surface area contributed by atoms with Crippen LogP contribution in [0.4, 0.5) is 17.3 Å². The van der Waals surface area contributed by atoms with Crippen molar-refractivity contribution in [3.8, 4) is 11.6 Å². The molecule has 344 valence electrons. The van der Waals surface area contributed by atoms with Crippen molar-refractivity contribution in [3.05, 3.63) is 100.0 Å². The normalized spacial score (nSPS) is 20.4. The zero-order valence-electron chi connectivity index (χ0n) is 37.6. The van der Waals surface area contributed by atoms with Gasteiger partial charge in [0, 0.05) is 49.9 Å². The van der Waals surface area contributed by atoms with Crippen molar-refractivity contribution < 1.29 is 27.6 Å². The molecule has 4 fully saturated rings. The van der Waals surface area contributed by atoms with Crippen LogP contribution in [0.3, 0.4) is 0 Å². The van der Waals surface area contributed by atoms with Gasteiger partial charge in [0.25, 0.3) is 15.9 Å². The second kappa shape index (κ2) is 18.0. The number of hydrogen-bond acceptors (Lipinski definition) is 13. The number of rotatable bonds is 13. The summed E-state index contributed by atoms with van der Waals surface area (Å²) in [6.07, 6.45) is 12.6. The summed E-state index contributed by atoms with van der Waals surface area (Å²) in [4.78, 5) is 46.2. The topological polar surface area (TPSA) is 198 Å². The molecule has 2 saturated heterocycles. The van der Waals surface area contributed by atoms with Crippen molar-refractivity contribution in [2.24, 2.45) is 16.7 Å². The quantitative estimate of drug-likeness (QED) is 0.0750. The van der Waals surface area contributed by atoms with Crippen molar-refractivity contribution in [2.45, 2.75) is 102 Å². The fourth-order valence-electron chi connectivity index (χ4n) is 10.4. The number of benzene rings is 1. The van der Waals surface area contributed by atoms with Crippen LogP contribution in [0.1, 0.15) is 113 Å². The van der Waals surface area contributed by atoms with Crippen molar-refractivity contribution in [2.75, 3.05) is 49.6 Å². The first kappa shape index (κ1) is 44.5. The molecule has 6 heterocycles. The number of piperidine rings is 1. The number of pyridine rings is 3. The van der Waals surface area contributed by atoms with Crippen LogP contribution >= 0.6 is 0 Å². The lowest BCUT2D eigenvalue weighted by molar-refractivity contribution is -0.384. The maximum atomic E-state index is 13.9. The molecule has 1 amide bonds. The number of aromatic amines is 1. The first-order valence-corrected chi connectivity index (χ1v) is 24.4. The molecule has 0 unspecified atom stereocenters. The first-order chi connectivity index (χ1) is 31.2. The standard InChI is InChI=1S/C48H59N9O7S/c1-31(2)37-7-5-6-8-38(37)41-30-63-22-21-56(41)34-25-48(26-34)16-19-55(20-17-48)42-10-9-39(46(53-42)64-35-23-33-13-18-49-43(33)51-28-35)45(58)54-65(61,62)36-24-40(57(59)60)44(52-29-36)50-27-32-11-14-47(3,4)15-12-32/h5-10,13,18,23-24,28-29,31-32,34,41H,11-12,14-17,19-22,25-27,30H2,1-4H3,(H,49,51)(H,50,52)(H,54,58)/t41-/m1/s1. The highest BCUT2D eigenvalue weighted by Gasteiger charge is 2.50. The van der Waals surface area contributed by atoms with Gasteiger partial charge in [0.2, 0.25) is 11.7 Å². The Bertz CT molecular complexity index is 2660. The minimum Gasteiger partial charge on any atom is -0.436 e. The van der Waals surface area contributed by atoms with E-state index in [1.165, 1.54) is 23.4 Å². The Morgan fingerprint density at radius 2 is 1.78 bits per heavy atom. The second-order valence-corrected chi connectivity index (χ2v) is 21.3. The van der Waals surface area contributed by atoms with Crippen molar-refractivity contribution in [3.63, 3.8) is 0 Å². The molecule has 2 aliphatic heterocycles. The van der Waals surface area contributed by atoms with Gasteiger partial charge in [-0.3, -0.25) is 19.8 Å². The van der Waals surface area contributed by atoms with E-state index in [4.69, 9.17) is 14.5 Å². The predicted octanol–water partition coefficient (Wildman–Crippen LogP) is 8.75. The molecule has 4 aromatic heterocycles. The number of hydrogen-bond donors (Lipinski definition) is 3. The number of morpholine rings is 1. The lowest BCUT2D eigenvalue weighted by Crippen LogP contribution is -2.58. The molecule has 1 spiro atoms. The number of ether oxygens (including phenoxy) is 2. The summed E-state index contributed by atoms with van der Waals surface area (Å²) in [5, 5.41) is 16.0. The van der Waals surface area contributed by atoms with Crippen LogP contribution in [0.2, 0.25) is 0 Å². The molecule has 9 rings (SSSR count). The van der Waals surface area contributed by atoms with Crippen molar-refractivity contribution in [1.82, 2.24) is 29.6 Å². The molecule has 0 radical (unpaired) electrons. The molecular weight excluding hydrogens is 847 g/mol. The van der Waals surface area contributed by atoms with Gasteiger partial charge in [0.05, 0.1) is 36.6 Å². The van der Waals surface area contributed by atoms with Gasteiger partial charge in [-0.05, 0) is 109 Å². The number of H-pyrrole nitrogens is 1. The van der Waals surface area contributed by atoms with Crippen LogP contribution in [0.15, 0.2) is 78.1 Å². The van der Waals surface area contributed by atoms with Crippen LogP contribution in [-0.4, -0.2) is 89.5 Å². The molecule has 1 aromatic carbocycles. The first-order valence-electron chi connectivity index (χ1n) is 22.9. The number of aromatic nitrogens is 4. The number of anilines is 2. The number of amides is 1. The van der Waals surface area contributed by atoms with E-state index >= 15 is 0 Å². The van der Waals surface area contributed by atoms with Crippen LogP contribution in [0, 0.1) is 26.9 Å². The van der Waals surface area contributed by atoms with E-state index in [2.05, 4.69) is 86.8 Å². The number of fused-ring (bicyclic) bond motifs is 1. The number of carbonyl (C=O) groups excluding carboxylic acids is 1. The minimum absolute atomic E-state index is 0.0247. The molecule has 17 heteroatoms. The van der Waals surface area contributed by atoms with Crippen molar-refractivity contribution in [1.29, 1.82) is 0 Å². The lowest BCUT2D eigenvalue weighted by atomic mass is 9.59. The number of carbonyl (C=O) groups is 1. The summed E-state index contributed by atoms with van der Waals surface area (Å²) in [5.41, 5.74) is 3.27. The number of nitrogens with one attached hydrogen (secondary N) is 3. The maximum absolute atomic E-state index is 13.9. The van der Waals surface area contributed by atoms with Crippen LogP contribution in [0.25, 0.3) is 11.0 Å². The molecule has 65 heavy (non-hydrogen) atoms. The van der Waals surface area contributed by atoms with Gasteiger partial charge in [-0.1, -0.05) is 52.0 Å². The van der Waals surface area contributed by atoms with Gasteiger partial charge in [-0.15, -0.1) is 0 Å². The maximum Gasteiger partial charge on any atom is 0.312 e. The lowest BCUT2D eigenvalue weighted by Gasteiger charge is -2.57. The summed E-state index contributed by atoms with van der Waals surface area (Å²) in [6.45, 7) is 13.3. The smallest absolute Gasteiger partial charge is 0.312 e. The van der Waals surface area contributed by atoms with Gasteiger partial charge >= 0.3 is 5.69 Å². The van der Waals surface area contributed by atoms with E-state index in [-0.39, 0.29) is 34.1 Å². The van der Waals surface area contributed by atoms with Crippen LogP contribution in [0.5, 0.6) is 11.6 Å². The van der Waals surface area contributed by atoms with E-state index < -0.39 is 31.4 Å². The highest BCUT2D eigenvalue weighted by Crippen LogP contribution is 2.53. The highest BCUT2D eigenvalue weighted by atomic mass is 32.2. The number of nitro groups is 1. The Morgan fingerprint density at radius 1 is 1.02 bits per heavy atom. The Hall–Kier alpha value is -5.65. The second-order valence-electron chi connectivity index (χ2n) is 19.6. The fraction of sp³-hybridized carbons (Fsp3) is 0.500. The van der Waals surface area contributed by atoms with Gasteiger partial charge in [0.1, 0.15) is 27.7 Å². The monoisotopic (exact) mass is 905 g/mol. The molecule has 2 aliphatic carbocycles. The molecule has 3 N–H and O–H groups in total. The summed E-state index contributed by atoms with van der Waals surface area (Å²) < 4.78 is 41.8. The largest absolute Gasteiger partial charge is 0.436 e. The molecule has 16 nitrogen and oxygen atoms in total. The molecule has 5 aromatic rings. The molecule has 0 bridgehead atoms. The Morgan fingerprint density at radius 3 is 2.54 bits per heavy atom. The number of nitrogens with zero attached hydrogens (tertiary/aromatic N) is 6. The molecule has 1 atom stereocenters. The summed E-state index contributed by atoms with van der Waals surface area (Å²) in [5.74, 6) is 0.498. The average Bonchev–Trinajstić information content (AvgIpc) is 3.76. The highest BCUT2D eigenvalue weighted by molar-refractivity contribution is 7.90. The zero-order chi connectivity index (χ0) is 45.5. The van der Waals surface area contributed by atoms with E-state index in [1.807, 2.05) is 6.07 Å². The summed E-state index contributed by atoms with van der Waals surface area (Å²) in [6, 6.07) is 17.2. The zero-order valence-corrected chi connectivity index (χ0v) is 38.4. The molecule has 2 saturated carbocycles. The Labute approximate surface area is 380 Å². The average molecular weight is 906 g/mol. The van der Waals surface area contributed by atoms with Gasteiger partial charge in [-0.25, -0.2) is 23.1 Å². The Balaban J connectivity index is 0.898. The minimum atomic E-state index is -4.63. The van der Waals surface area contributed by atoms with E-state index in [0.29, 0.717) is 48.2 Å². The predicted molar refractivity (Wildman–Crippen MR) is 248 cm³/mol. The van der Waals surface area contributed by atoms with Crippen LogP contribution in [-0.2, 0) is 14.8 Å². The number of sulfonamides is 1. The fourth-order valence-corrected chi connectivity index (χ4v) is 11.3. The Kier molecular flexibility index (Phi) is 12.3. The van der Waals surface area contributed by atoms with E-state index in [1.54, 1.807) is 18.3 Å². The third-order valence-electron chi connectivity index (χ3n) is 14.4. The third-order valence-corrected chi connectivity index (χ3v) is 15.7. The van der Waals surface area contributed by atoms with Crippen molar-refractivity contribution >= 4 is 44.3 Å². The van der Waals surface area contributed by atoms with Gasteiger partial charge < -0.3 is 24.7 Å². The van der Waals surface area contributed by atoms with Gasteiger partial charge in [-0.2, -0.15) is 4.98 Å². The van der Waals surface area contributed by atoms with Crippen LogP contribution < -0.4 is 19.7 Å². The van der Waals surface area contributed by atoms with E-state index in [0.717, 1.165) is 95.3 Å². The van der Waals surface area contributed by atoms with Gasteiger partial charge in [0.15, 0.2) is 0 Å². The van der Waals surface area contributed by atoms with E-state index in [9.17, 15) is 23.3 Å².